The molecule has 1 atom stereocenters. The molecular formula is C15H21N3O4. The van der Waals surface area contributed by atoms with E-state index in [4.69, 9.17) is 10.3 Å². The maximum Gasteiger partial charge on any atom is 0.342 e. The van der Waals surface area contributed by atoms with Crippen molar-refractivity contribution in [3.63, 3.8) is 0 Å². The van der Waals surface area contributed by atoms with Crippen molar-refractivity contribution in [3.05, 3.63) is 24.3 Å². The first-order chi connectivity index (χ1) is 10.6. The number of carbonyl (C=O) groups excluding carboxylic acids is 2. The van der Waals surface area contributed by atoms with E-state index in [9.17, 15) is 9.59 Å². The molecule has 0 heterocycles. The molecule has 0 aromatic heterocycles. The maximum absolute atomic E-state index is 12.5. The monoisotopic (exact) mass is 307 g/mol. The number of esters is 1. The Hall–Kier alpha value is -2.44. The largest absolute Gasteiger partial charge is 0.497 e. The first-order valence-electron chi connectivity index (χ1n) is 6.98. The third kappa shape index (κ3) is 4.28. The van der Waals surface area contributed by atoms with Crippen molar-refractivity contribution >= 4 is 17.6 Å². The molecule has 7 heteroatoms. The number of rotatable bonds is 8. The summed E-state index contributed by atoms with van der Waals surface area (Å²) in [5.41, 5.74) is 7.70. The molecule has 0 bridgehead atoms. The number of unbranched alkanes of at least 4 members (excludes halogenated alkanes) is 1. The second-order valence-corrected chi connectivity index (χ2v) is 4.60. The zero-order chi connectivity index (χ0) is 16.5. The second kappa shape index (κ2) is 8.76. The lowest BCUT2D eigenvalue weighted by atomic mass is 10.2. The Kier molecular flexibility index (Phi) is 7.01. The molecule has 1 aromatic rings. The highest BCUT2D eigenvalue weighted by Gasteiger charge is 2.32. The van der Waals surface area contributed by atoms with Gasteiger partial charge in [-0.3, -0.25) is 4.79 Å². The zero-order valence-corrected chi connectivity index (χ0v) is 13.0. The number of anilines is 1. The predicted octanol–water partition coefficient (Wildman–Crippen LogP) is 2.40. The lowest BCUT2D eigenvalue weighted by molar-refractivity contribution is -0.145. The number of amides is 1. The summed E-state index contributed by atoms with van der Waals surface area (Å²) in [6, 6.07) is 5.44. The van der Waals surface area contributed by atoms with Crippen LogP contribution in [0.4, 0.5) is 5.69 Å². The molecule has 0 saturated heterocycles. The molecule has 0 aliphatic carbocycles. The van der Waals surface area contributed by atoms with Crippen LogP contribution in [-0.4, -0.2) is 38.7 Å². The summed E-state index contributed by atoms with van der Waals surface area (Å²) >= 11 is 0. The Morgan fingerprint density at radius 2 is 1.91 bits per heavy atom. The van der Waals surface area contributed by atoms with Crippen LogP contribution in [0, 0.1) is 5.53 Å². The number of nitrogens with zero attached hydrogens (tertiary/aromatic N) is 2. The van der Waals surface area contributed by atoms with Gasteiger partial charge in [0.25, 0.3) is 5.91 Å². The van der Waals surface area contributed by atoms with Gasteiger partial charge in [-0.05, 0) is 30.7 Å². The molecule has 120 valence electrons. The SMILES string of the molecule is CCCCN(C(=O)C(N=N)C(=O)OC)c1ccc(OC)cc1. The van der Waals surface area contributed by atoms with E-state index in [1.165, 1.54) is 4.90 Å². The van der Waals surface area contributed by atoms with E-state index in [0.29, 0.717) is 18.0 Å². The molecule has 0 radical (unpaired) electrons. The van der Waals surface area contributed by atoms with Crippen LogP contribution in [0.25, 0.3) is 0 Å². The molecule has 0 fully saturated rings. The maximum atomic E-state index is 12.5. The Labute approximate surface area is 129 Å². The van der Waals surface area contributed by atoms with Crippen molar-refractivity contribution in [2.24, 2.45) is 5.11 Å². The van der Waals surface area contributed by atoms with E-state index in [1.807, 2.05) is 6.92 Å². The molecule has 0 saturated carbocycles. The van der Waals surface area contributed by atoms with E-state index in [-0.39, 0.29) is 0 Å². The molecule has 1 aromatic carbocycles. The lowest BCUT2D eigenvalue weighted by Gasteiger charge is -2.24. The Balaban J connectivity index is 3.06. The molecule has 22 heavy (non-hydrogen) atoms. The van der Waals surface area contributed by atoms with Crippen LogP contribution in [0.1, 0.15) is 19.8 Å². The average molecular weight is 307 g/mol. The van der Waals surface area contributed by atoms with Gasteiger partial charge in [-0.2, -0.15) is 5.11 Å². The Morgan fingerprint density at radius 1 is 1.27 bits per heavy atom. The van der Waals surface area contributed by atoms with Gasteiger partial charge < -0.3 is 14.4 Å². The van der Waals surface area contributed by atoms with E-state index in [2.05, 4.69) is 9.85 Å². The average Bonchev–Trinajstić information content (AvgIpc) is 2.56. The third-order valence-corrected chi connectivity index (χ3v) is 3.17. The summed E-state index contributed by atoms with van der Waals surface area (Å²) in [6.07, 6.45) is 1.66. The van der Waals surface area contributed by atoms with Crippen molar-refractivity contribution in [3.8, 4) is 5.75 Å². The number of carbonyl (C=O) groups is 2. The predicted molar refractivity (Wildman–Crippen MR) is 81.2 cm³/mol. The number of ether oxygens (including phenoxy) is 2. The van der Waals surface area contributed by atoms with Crippen LogP contribution in [0.3, 0.4) is 0 Å². The first-order valence-corrected chi connectivity index (χ1v) is 6.98. The standard InChI is InChI=1S/C15H21N3O4/c1-4-5-10-18(11-6-8-12(21-2)9-7-11)14(19)13(17-16)15(20)22-3/h6-9,13,16H,4-5,10H2,1-3H3. The van der Waals surface area contributed by atoms with Gasteiger partial charge in [-0.15, -0.1) is 0 Å². The molecule has 1 N–H and O–H groups in total. The molecule has 0 aliphatic heterocycles. The Bertz CT molecular complexity index is 516. The summed E-state index contributed by atoms with van der Waals surface area (Å²) in [7, 11) is 2.72. The number of nitrogens with one attached hydrogen (secondary N) is 1. The van der Waals surface area contributed by atoms with Gasteiger partial charge in [0.05, 0.1) is 14.2 Å². The van der Waals surface area contributed by atoms with Gasteiger partial charge >= 0.3 is 5.97 Å². The van der Waals surface area contributed by atoms with Gasteiger partial charge in [0.15, 0.2) is 0 Å². The minimum Gasteiger partial charge on any atom is -0.497 e. The smallest absolute Gasteiger partial charge is 0.342 e. The summed E-state index contributed by atoms with van der Waals surface area (Å²) in [5.74, 6) is -0.739. The molecule has 1 rings (SSSR count). The number of methoxy groups -OCH3 is 2. The molecule has 0 spiro atoms. The molecule has 0 aliphatic rings. The molecule has 1 amide bonds. The van der Waals surface area contributed by atoms with Gasteiger partial charge in [0.2, 0.25) is 6.04 Å². The Morgan fingerprint density at radius 3 is 2.36 bits per heavy atom. The topological polar surface area (TPSA) is 92.1 Å². The zero-order valence-electron chi connectivity index (χ0n) is 13.0. The molecule has 1 unspecified atom stereocenters. The van der Waals surface area contributed by atoms with Crippen molar-refractivity contribution < 1.29 is 19.1 Å². The van der Waals surface area contributed by atoms with Crippen LogP contribution in [0.5, 0.6) is 5.75 Å². The van der Waals surface area contributed by atoms with Gasteiger partial charge in [-0.1, -0.05) is 13.3 Å². The normalized spacial score (nSPS) is 11.4. The highest BCUT2D eigenvalue weighted by atomic mass is 16.5. The molecule has 7 nitrogen and oxygen atoms in total. The number of benzene rings is 1. The van der Waals surface area contributed by atoms with Crippen LogP contribution < -0.4 is 9.64 Å². The fraction of sp³-hybridized carbons (Fsp3) is 0.467. The van der Waals surface area contributed by atoms with Gasteiger partial charge in [0, 0.05) is 12.2 Å². The minimum atomic E-state index is -1.47. The van der Waals surface area contributed by atoms with Crippen LogP contribution in [0.2, 0.25) is 0 Å². The van der Waals surface area contributed by atoms with Crippen LogP contribution in [-0.2, 0) is 14.3 Å². The first kappa shape index (κ1) is 17.6. The van der Waals surface area contributed by atoms with Crippen molar-refractivity contribution in [2.45, 2.75) is 25.8 Å². The van der Waals surface area contributed by atoms with Crippen molar-refractivity contribution in [2.75, 3.05) is 25.7 Å². The van der Waals surface area contributed by atoms with E-state index in [1.54, 1.807) is 31.4 Å². The number of hydrogen-bond donors (Lipinski definition) is 1. The molecular weight excluding hydrogens is 286 g/mol. The van der Waals surface area contributed by atoms with Crippen molar-refractivity contribution in [1.82, 2.24) is 0 Å². The summed E-state index contributed by atoms with van der Waals surface area (Å²) in [6.45, 7) is 2.44. The summed E-state index contributed by atoms with van der Waals surface area (Å²) in [4.78, 5) is 25.6. The third-order valence-electron chi connectivity index (χ3n) is 3.17. The van der Waals surface area contributed by atoms with Crippen LogP contribution in [0.15, 0.2) is 29.4 Å². The minimum absolute atomic E-state index is 0.435. The fourth-order valence-corrected chi connectivity index (χ4v) is 1.91. The fourth-order valence-electron chi connectivity index (χ4n) is 1.91. The highest BCUT2D eigenvalue weighted by Crippen LogP contribution is 2.21. The summed E-state index contributed by atoms with van der Waals surface area (Å²) < 4.78 is 9.62. The van der Waals surface area contributed by atoms with Gasteiger partial charge in [-0.25, -0.2) is 10.3 Å². The van der Waals surface area contributed by atoms with E-state index < -0.39 is 17.9 Å². The van der Waals surface area contributed by atoms with E-state index in [0.717, 1.165) is 20.0 Å². The van der Waals surface area contributed by atoms with Crippen molar-refractivity contribution in [1.29, 1.82) is 5.53 Å². The lowest BCUT2D eigenvalue weighted by Crippen LogP contribution is -2.43. The van der Waals surface area contributed by atoms with E-state index >= 15 is 0 Å². The van der Waals surface area contributed by atoms with Gasteiger partial charge in [0.1, 0.15) is 5.75 Å². The van der Waals surface area contributed by atoms with Crippen LogP contribution >= 0.6 is 0 Å². The quantitative estimate of drug-likeness (QED) is 0.453. The summed E-state index contributed by atoms with van der Waals surface area (Å²) in [5, 5.41) is 3.11. The second-order valence-electron chi connectivity index (χ2n) is 4.60. The number of hydrogen-bond acceptors (Lipinski definition) is 6. The highest BCUT2D eigenvalue weighted by molar-refractivity contribution is 6.09.